The van der Waals surface area contributed by atoms with E-state index < -0.39 is 0 Å². The van der Waals surface area contributed by atoms with Crippen LogP contribution >= 0.6 is 0 Å². The second-order valence-electron chi connectivity index (χ2n) is 4.81. The van der Waals surface area contributed by atoms with Crippen LogP contribution in [0.5, 0.6) is 0 Å². The van der Waals surface area contributed by atoms with Crippen molar-refractivity contribution in [3.8, 4) is 0 Å². The van der Waals surface area contributed by atoms with Crippen LogP contribution in [-0.4, -0.2) is 17.0 Å². The largest absolute Gasteiger partial charge is 0.313 e. The Kier molecular flexibility index (Phi) is 3.70. The number of benzene rings is 1. The maximum Gasteiger partial charge on any atom is 0.0422 e. The lowest BCUT2D eigenvalue weighted by molar-refractivity contribution is 0.588. The number of nitrogens with zero attached hydrogens (tertiary/aromatic N) is 2. The molecule has 0 spiro atoms. The highest BCUT2D eigenvalue weighted by Gasteiger charge is 2.13. The maximum absolute atomic E-state index is 4.42. The molecule has 0 aliphatic heterocycles. The van der Waals surface area contributed by atoms with E-state index >= 15 is 0 Å². The predicted octanol–water partition coefficient (Wildman–Crippen LogP) is 3.13. The van der Waals surface area contributed by atoms with Crippen molar-refractivity contribution in [1.82, 2.24) is 15.3 Å². The van der Waals surface area contributed by atoms with E-state index in [1.807, 2.05) is 37.8 Å². The molecule has 0 amide bonds. The number of rotatable bonds is 4. The number of hydrogen-bond acceptors (Lipinski definition) is 3. The van der Waals surface area contributed by atoms with Gasteiger partial charge in [0, 0.05) is 42.1 Å². The molecule has 1 N–H and O–H groups in total. The second kappa shape index (κ2) is 5.80. The van der Waals surface area contributed by atoms with Gasteiger partial charge in [0.2, 0.25) is 0 Å². The third-order valence-electron chi connectivity index (χ3n) is 3.58. The standard InChI is InChI=1S/C17H17N3/c1-18-17(11-14-6-2-3-9-20-14)16-7-4-5-13-12-19-10-8-15(13)16/h2-10,12,17-18H,11H2,1H3. The van der Waals surface area contributed by atoms with Crippen LogP contribution in [0.3, 0.4) is 0 Å². The van der Waals surface area contributed by atoms with Gasteiger partial charge in [0.25, 0.3) is 0 Å². The van der Waals surface area contributed by atoms with Crippen LogP contribution < -0.4 is 5.32 Å². The summed E-state index contributed by atoms with van der Waals surface area (Å²) in [4.78, 5) is 8.61. The summed E-state index contributed by atoms with van der Waals surface area (Å²) < 4.78 is 0. The first-order valence-corrected chi connectivity index (χ1v) is 6.78. The Morgan fingerprint density at radius 2 is 2.00 bits per heavy atom. The van der Waals surface area contributed by atoms with Gasteiger partial charge in [0.1, 0.15) is 0 Å². The first-order chi connectivity index (χ1) is 9.88. The molecule has 0 radical (unpaired) electrons. The molecule has 0 saturated heterocycles. The fraction of sp³-hybridized carbons (Fsp3) is 0.176. The molecule has 0 aliphatic rings. The third-order valence-corrected chi connectivity index (χ3v) is 3.58. The molecule has 1 unspecified atom stereocenters. The monoisotopic (exact) mass is 263 g/mol. The molecule has 2 aromatic heterocycles. The smallest absolute Gasteiger partial charge is 0.0422 e. The van der Waals surface area contributed by atoms with E-state index in [1.165, 1.54) is 16.3 Å². The highest BCUT2D eigenvalue weighted by Crippen LogP contribution is 2.25. The zero-order valence-electron chi connectivity index (χ0n) is 11.5. The van der Waals surface area contributed by atoms with Gasteiger partial charge in [-0.2, -0.15) is 0 Å². The minimum absolute atomic E-state index is 0.246. The molecule has 0 fully saturated rings. The molecule has 3 heteroatoms. The summed E-state index contributed by atoms with van der Waals surface area (Å²) in [5, 5.41) is 5.82. The van der Waals surface area contributed by atoms with E-state index in [0.29, 0.717) is 0 Å². The van der Waals surface area contributed by atoms with Crippen LogP contribution in [0.4, 0.5) is 0 Å². The Labute approximate surface area is 118 Å². The summed E-state index contributed by atoms with van der Waals surface area (Å²) in [7, 11) is 1.99. The molecule has 0 bridgehead atoms. The van der Waals surface area contributed by atoms with Gasteiger partial charge in [-0.15, -0.1) is 0 Å². The van der Waals surface area contributed by atoms with Gasteiger partial charge in [-0.25, -0.2) is 0 Å². The first-order valence-electron chi connectivity index (χ1n) is 6.78. The number of pyridine rings is 2. The van der Waals surface area contributed by atoms with Crippen LogP contribution in [0.25, 0.3) is 10.8 Å². The zero-order valence-corrected chi connectivity index (χ0v) is 11.5. The molecule has 3 aromatic rings. The number of likely N-dealkylation sites (N-methyl/N-ethyl adjacent to an activating group) is 1. The quantitative estimate of drug-likeness (QED) is 0.786. The fourth-order valence-electron chi connectivity index (χ4n) is 2.55. The molecule has 20 heavy (non-hydrogen) atoms. The van der Waals surface area contributed by atoms with Gasteiger partial charge in [-0.1, -0.05) is 24.3 Å². The summed E-state index contributed by atoms with van der Waals surface area (Å²) in [6.07, 6.45) is 6.47. The molecule has 1 atom stereocenters. The normalized spacial score (nSPS) is 12.4. The lowest BCUT2D eigenvalue weighted by Gasteiger charge is -2.18. The van der Waals surface area contributed by atoms with Gasteiger partial charge < -0.3 is 5.32 Å². The third kappa shape index (κ3) is 2.53. The summed E-state index contributed by atoms with van der Waals surface area (Å²) in [6, 6.07) is 14.7. The van der Waals surface area contributed by atoms with Crippen molar-refractivity contribution in [2.75, 3.05) is 7.05 Å². The summed E-state index contributed by atoms with van der Waals surface area (Å²) >= 11 is 0. The van der Waals surface area contributed by atoms with Crippen molar-refractivity contribution in [3.05, 3.63) is 72.3 Å². The number of nitrogens with one attached hydrogen (secondary N) is 1. The Morgan fingerprint density at radius 1 is 1.05 bits per heavy atom. The van der Waals surface area contributed by atoms with Crippen molar-refractivity contribution in [3.63, 3.8) is 0 Å². The van der Waals surface area contributed by atoms with Gasteiger partial charge in [-0.3, -0.25) is 9.97 Å². The van der Waals surface area contributed by atoms with E-state index in [4.69, 9.17) is 0 Å². The van der Waals surface area contributed by atoms with Crippen molar-refractivity contribution < 1.29 is 0 Å². The van der Waals surface area contributed by atoms with Crippen LogP contribution in [0.2, 0.25) is 0 Å². The topological polar surface area (TPSA) is 37.8 Å². The molecule has 3 nitrogen and oxygen atoms in total. The van der Waals surface area contributed by atoms with E-state index in [0.717, 1.165) is 12.1 Å². The van der Waals surface area contributed by atoms with Gasteiger partial charge in [-0.05, 0) is 36.2 Å². The summed E-state index contributed by atoms with van der Waals surface area (Å²) in [5.74, 6) is 0. The fourth-order valence-corrected chi connectivity index (χ4v) is 2.55. The highest BCUT2D eigenvalue weighted by atomic mass is 14.9. The molecule has 3 rings (SSSR count). The number of hydrogen-bond donors (Lipinski definition) is 1. The van der Waals surface area contributed by atoms with Gasteiger partial charge in [0.05, 0.1) is 0 Å². The maximum atomic E-state index is 4.42. The van der Waals surface area contributed by atoms with Gasteiger partial charge in [0.15, 0.2) is 0 Å². The number of fused-ring (bicyclic) bond motifs is 1. The predicted molar refractivity (Wildman–Crippen MR) is 81.5 cm³/mol. The molecule has 2 heterocycles. The lowest BCUT2D eigenvalue weighted by atomic mass is 9.96. The minimum Gasteiger partial charge on any atom is -0.313 e. The SMILES string of the molecule is CNC(Cc1ccccn1)c1cccc2cnccc12. The lowest BCUT2D eigenvalue weighted by Crippen LogP contribution is -2.19. The minimum atomic E-state index is 0.246. The highest BCUT2D eigenvalue weighted by molar-refractivity contribution is 5.85. The molecular formula is C17H17N3. The van der Waals surface area contributed by atoms with Crippen molar-refractivity contribution in [2.24, 2.45) is 0 Å². The average molecular weight is 263 g/mol. The van der Waals surface area contributed by atoms with E-state index in [-0.39, 0.29) is 6.04 Å². The van der Waals surface area contributed by atoms with Crippen LogP contribution in [0, 0.1) is 0 Å². The Balaban J connectivity index is 1.99. The Bertz CT molecular complexity index is 689. The van der Waals surface area contributed by atoms with E-state index in [9.17, 15) is 0 Å². The zero-order chi connectivity index (χ0) is 13.8. The molecule has 0 saturated carbocycles. The van der Waals surface area contributed by atoms with Crippen molar-refractivity contribution >= 4 is 10.8 Å². The molecule has 1 aromatic carbocycles. The summed E-state index contributed by atoms with van der Waals surface area (Å²) in [6.45, 7) is 0. The van der Waals surface area contributed by atoms with Crippen LogP contribution in [0.1, 0.15) is 17.3 Å². The first kappa shape index (κ1) is 12.8. The second-order valence-corrected chi connectivity index (χ2v) is 4.81. The summed E-state index contributed by atoms with van der Waals surface area (Å²) in [5.41, 5.74) is 2.39. The Hall–Kier alpha value is -2.26. The van der Waals surface area contributed by atoms with Crippen LogP contribution in [0.15, 0.2) is 61.1 Å². The molecular weight excluding hydrogens is 246 g/mol. The molecule has 100 valence electrons. The average Bonchev–Trinajstić information content (AvgIpc) is 2.53. The van der Waals surface area contributed by atoms with E-state index in [2.05, 4.69) is 45.6 Å². The van der Waals surface area contributed by atoms with Gasteiger partial charge >= 0.3 is 0 Å². The molecule has 0 aliphatic carbocycles. The number of aromatic nitrogens is 2. The van der Waals surface area contributed by atoms with Crippen molar-refractivity contribution in [1.29, 1.82) is 0 Å². The van der Waals surface area contributed by atoms with E-state index in [1.54, 1.807) is 0 Å². The van der Waals surface area contributed by atoms with Crippen molar-refractivity contribution in [2.45, 2.75) is 12.5 Å². The van der Waals surface area contributed by atoms with Crippen LogP contribution in [-0.2, 0) is 6.42 Å². The Morgan fingerprint density at radius 3 is 2.80 bits per heavy atom.